The molecule has 1 atom stereocenters. The molecule has 5 nitrogen and oxygen atoms in total. The van der Waals surface area contributed by atoms with Crippen molar-refractivity contribution in [3.05, 3.63) is 47.7 Å². The highest BCUT2D eigenvalue weighted by molar-refractivity contribution is 5.77. The summed E-state index contributed by atoms with van der Waals surface area (Å²) in [5, 5.41) is 3.00. The summed E-state index contributed by atoms with van der Waals surface area (Å²) in [6.45, 7) is 1.97. The van der Waals surface area contributed by atoms with Crippen LogP contribution in [0.4, 0.5) is 4.79 Å². The number of carbonyl (C=O) groups is 2. The van der Waals surface area contributed by atoms with Crippen molar-refractivity contribution in [3.8, 4) is 0 Å². The summed E-state index contributed by atoms with van der Waals surface area (Å²) in [5.41, 5.74) is 2.35. The number of fused-ring (bicyclic) bond motifs is 1. The van der Waals surface area contributed by atoms with Gasteiger partial charge in [-0.1, -0.05) is 36.4 Å². The SMILES string of the molecule is CN(Cc1ccccc1)C(=O)CCCNC(=O)N1CCCC2CCCC=C21. The summed E-state index contributed by atoms with van der Waals surface area (Å²) < 4.78 is 0. The minimum absolute atomic E-state index is 0.00191. The standard InChI is InChI=1S/C22H31N3O2/c1-24(17-18-9-3-2-4-10-18)21(26)14-7-15-23-22(27)25-16-8-12-19-11-5-6-13-20(19)25/h2-4,9-10,13,19H,5-8,11-12,14-17H2,1H3,(H,23,27). The monoisotopic (exact) mass is 369 g/mol. The normalized spacial score (nSPS) is 19.1. The topological polar surface area (TPSA) is 52.7 Å². The Morgan fingerprint density at radius 1 is 1.19 bits per heavy atom. The van der Waals surface area contributed by atoms with Gasteiger partial charge in [0, 0.05) is 38.8 Å². The molecule has 0 bridgehead atoms. The van der Waals surface area contributed by atoms with E-state index in [1.807, 2.05) is 42.3 Å². The van der Waals surface area contributed by atoms with E-state index in [-0.39, 0.29) is 11.9 Å². The third-order valence-corrected chi connectivity index (χ3v) is 5.55. The third kappa shape index (κ3) is 5.34. The minimum atomic E-state index is -0.00191. The van der Waals surface area contributed by atoms with Crippen LogP contribution in [0.15, 0.2) is 42.1 Å². The molecule has 3 amide bonds. The number of rotatable bonds is 6. The maximum atomic E-state index is 12.6. The Bertz CT molecular complexity index is 671. The van der Waals surface area contributed by atoms with E-state index in [4.69, 9.17) is 0 Å². The van der Waals surface area contributed by atoms with Crippen molar-refractivity contribution < 1.29 is 9.59 Å². The van der Waals surface area contributed by atoms with Gasteiger partial charge in [0.25, 0.3) is 0 Å². The summed E-state index contributed by atoms with van der Waals surface area (Å²) in [4.78, 5) is 28.5. The number of carbonyl (C=O) groups excluding carboxylic acids is 2. The first-order valence-corrected chi connectivity index (χ1v) is 10.2. The van der Waals surface area contributed by atoms with Gasteiger partial charge in [-0.2, -0.15) is 0 Å². The molecule has 1 aromatic carbocycles. The fourth-order valence-corrected chi connectivity index (χ4v) is 4.06. The lowest BCUT2D eigenvalue weighted by Gasteiger charge is -2.37. The molecule has 2 aliphatic rings. The molecule has 1 fully saturated rings. The van der Waals surface area contributed by atoms with Crippen LogP contribution in [0.3, 0.4) is 0 Å². The molecule has 146 valence electrons. The van der Waals surface area contributed by atoms with Crippen molar-refractivity contribution in [1.82, 2.24) is 15.1 Å². The maximum absolute atomic E-state index is 12.6. The first kappa shape index (κ1) is 19.5. The van der Waals surface area contributed by atoms with Gasteiger partial charge in [-0.25, -0.2) is 4.79 Å². The molecule has 0 radical (unpaired) electrons. The van der Waals surface area contributed by atoms with Gasteiger partial charge < -0.3 is 10.2 Å². The number of nitrogens with one attached hydrogen (secondary N) is 1. The quantitative estimate of drug-likeness (QED) is 0.773. The molecule has 1 unspecified atom stereocenters. The minimum Gasteiger partial charge on any atom is -0.341 e. The Labute approximate surface area is 162 Å². The molecule has 1 aliphatic heterocycles. The van der Waals surface area contributed by atoms with Crippen molar-refractivity contribution in [2.45, 2.75) is 51.5 Å². The fourth-order valence-electron chi connectivity index (χ4n) is 4.06. The van der Waals surface area contributed by atoms with Gasteiger partial charge in [0.2, 0.25) is 5.91 Å². The lowest BCUT2D eigenvalue weighted by Crippen LogP contribution is -2.45. The number of likely N-dealkylation sites (tertiary alicyclic amines) is 1. The van der Waals surface area contributed by atoms with Crippen LogP contribution in [0.5, 0.6) is 0 Å². The van der Waals surface area contributed by atoms with Crippen molar-refractivity contribution in [1.29, 1.82) is 0 Å². The molecule has 1 aliphatic carbocycles. The smallest absolute Gasteiger partial charge is 0.321 e. The summed E-state index contributed by atoms with van der Waals surface area (Å²) in [7, 11) is 1.83. The second-order valence-corrected chi connectivity index (χ2v) is 7.62. The molecule has 1 aromatic rings. The van der Waals surface area contributed by atoms with Gasteiger partial charge in [0.1, 0.15) is 0 Å². The van der Waals surface area contributed by atoms with E-state index in [1.54, 1.807) is 4.90 Å². The number of urea groups is 1. The molecule has 0 aromatic heterocycles. The van der Waals surface area contributed by atoms with E-state index in [0.29, 0.717) is 31.8 Å². The first-order chi connectivity index (χ1) is 13.1. The van der Waals surface area contributed by atoms with Gasteiger partial charge in [0.05, 0.1) is 0 Å². The molecule has 1 saturated heterocycles. The van der Waals surface area contributed by atoms with Crippen LogP contribution in [0.25, 0.3) is 0 Å². The lowest BCUT2D eigenvalue weighted by atomic mass is 9.85. The molecule has 27 heavy (non-hydrogen) atoms. The second-order valence-electron chi connectivity index (χ2n) is 7.62. The third-order valence-electron chi connectivity index (χ3n) is 5.55. The van der Waals surface area contributed by atoms with E-state index in [0.717, 1.165) is 24.9 Å². The van der Waals surface area contributed by atoms with Gasteiger partial charge >= 0.3 is 6.03 Å². The molecule has 1 heterocycles. The fraction of sp³-hybridized carbons (Fsp3) is 0.545. The van der Waals surface area contributed by atoms with Gasteiger partial charge in [-0.3, -0.25) is 9.69 Å². The Morgan fingerprint density at radius 2 is 1.96 bits per heavy atom. The Kier molecular flexibility index (Phi) is 6.91. The van der Waals surface area contributed by atoms with E-state index in [1.165, 1.54) is 25.0 Å². The number of piperidine rings is 1. The van der Waals surface area contributed by atoms with E-state index >= 15 is 0 Å². The maximum Gasteiger partial charge on any atom is 0.321 e. The molecule has 5 heteroatoms. The highest BCUT2D eigenvalue weighted by Gasteiger charge is 2.30. The number of amides is 3. The number of benzene rings is 1. The van der Waals surface area contributed by atoms with Crippen molar-refractivity contribution in [2.75, 3.05) is 20.1 Å². The Hall–Kier alpha value is -2.30. The largest absolute Gasteiger partial charge is 0.341 e. The zero-order chi connectivity index (χ0) is 19.1. The van der Waals surface area contributed by atoms with Gasteiger partial charge in [-0.15, -0.1) is 0 Å². The van der Waals surface area contributed by atoms with Crippen molar-refractivity contribution in [3.63, 3.8) is 0 Å². The number of allylic oxidation sites excluding steroid dienone is 2. The highest BCUT2D eigenvalue weighted by atomic mass is 16.2. The summed E-state index contributed by atoms with van der Waals surface area (Å²) in [6.07, 6.45) is 9.18. The molecule has 0 spiro atoms. The predicted molar refractivity (Wildman–Crippen MR) is 107 cm³/mol. The molecule has 0 saturated carbocycles. The average molecular weight is 370 g/mol. The van der Waals surface area contributed by atoms with Crippen LogP contribution in [0.1, 0.15) is 50.5 Å². The second kappa shape index (κ2) is 9.58. The van der Waals surface area contributed by atoms with E-state index < -0.39 is 0 Å². The predicted octanol–water partition coefficient (Wildman–Crippen LogP) is 3.91. The molecule has 3 rings (SSSR count). The number of hydrogen-bond donors (Lipinski definition) is 1. The Morgan fingerprint density at radius 3 is 2.78 bits per heavy atom. The average Bonchev–Trinajstić information content (AvgIpc) is 2.71. The van der Waals surface area contributed by atoms with Crippen LogP contribution in [-0.4, -0.2) is 41.9 Å². The summed E-state index contributed by atoms with van der Waals surface area (Å²) in [5.74, 6) is 0.674. The first-order valence-electron chi connectivity index (χ1n) is 10.2. The van der Waals surface area contributed by atoms with Gasteiger partial charge in [0.15, 0.2) is 0 Å². The van der Waals surface area contributed by atoms with Crippen LogP contribution in [-0.2, 0) is 11.3 Å². The zero-order valence-electron chi connectivity index (χ0n) is 16.3. The number of nitrogens with zero attached hydrogens (tertiary/aromatic N) is 2. The zero-order valence-corrected chi connectivity index (χ0v) is 16.3. The van der Waals surface area contributed by atoms with Gasteiger partial charge in [-0.05, 0) is 50.0 Å². The summed E-state index contributed by atoms with van der Waals surface area (Å²) in [6, 6.07) is 9.98. The van der Waals surface area contributed by atoms with E-state index in [9.17, 15) is 9.59 Å². The van der Waals surface area contributed by atoms with Crippen molar-refractivity contribution >= 4 is 11.9 Å². The Balaban J connectivity index is 1.38. The molecule has 1 N–H and O–H groups in total. The number of hydrogen-bond acceptors (Lipinski definition) is 2. The molecular weight excluding hydrogens is 338 g/mol. The van der Waals surface area contributed by atoms with Crippen LogP contribution >= 0.6 is 0 Å². The summed E-state index contributed by atoms with van der Waals surface area (Å²) >= 11 is 0. The molecular formula is C22H31N3O2. The van der Waals surface area contributed by atoms with E-state index in [2.05, 4.69) is 11.4 Å². The highest BCUT2D eigenvalue weighted by Crippen LogP contribution is 2.34. The van der Waals surface area contributed by atoms with Crippen LogP contribution in [0, 0.1) is 5.92 Å². The van der Waals surface area contributed by atoms with Crippen molar-refractivity contribution in [2.24, 2.45) is 5.92 Å². The lowest BCUT2D eigenvalue weighted by molar-refractivity contribution is -0.130. The van der Waals surface area contributed by atoms with Crippen LogP contribution in [0.2, 0.25) is 0 Å². The van der Waals surface area contributed by atoms with Crippen LogP contribution < -0.4 is 5.32 Å².